The first-order valence-electron chi connectivity index (χ1n) is 8.06. The van der Waals surface area contributed by atoms with Crippen LogP contribution in [0.2, 0.25) is 0 Å². The molecule has 0 unspecified atom stereocenters. The fourth-order valence-corrected chi connectivity index (χ4v) is 3.92. The molecule has 0 amide bonds. The minimum absolute atomic E-state index is 0.0979. The maximum Gasteiger partial charge on any atom is -0.000546 e. The summed E-state index contributed by atoms with van der Waals surface area (Å²) < 4.78 is 0. The van der Waals surface area contributed by atoms with Gasteiger partial charge in [0.25, 0.3) is 0 Å². The van der Waals surface area contributed by atoms with Gasteiger partial charge >= 0.3 is 0 Å². The van der Waals surface area contributed by atoms with Crippen molar-refractivity contribution >= 4 is 10.8 Å². The van der Waals surface area contributed by atoms with Crippen LogP contribution in [-0.4, -0.2) is 0 Å². The Labute approximate surface area is 132 Å². The van der Waals surface area contributed by atoms with Crippen molar-refractivity contribution in [1.82, 2.24) is 0 Å². The zero-order chi connectivity index (χ0) is 15.5. The van der Waals surface area contributed by atoms with E-state index in [1.165, 1.54) is 33.0 Å². The third-order valence-electron chi connectivity index (χ3n) is 6.01. The molecular formula is C22H22. The van der Waals surface area contributed by atoms with E-state index >= 15 is 0 Å². The highest BCUT2D eigenvalue weighted by Crippen LogP contribution is 2.54. The monoisotopic (exact) mass is 286 g/mol. The van der Waals surface area contributed by atoms with Crippen molar-refractivity contribution in [3.63, 3.8) is 0 Å². The summed E-state index contributed by atoms with van der Waals surface area (Å²) in [5.41, 5.74) is 5.93. The summed E-state index contributed by atoms with van der Waals surface area (Å²) in [5, 5.41) is 2.66. The van der Waals surface area contributed by atoms with Crippen LogP contribution >= 0.6 is 0 Å². The summed E-state index contributed by atoms with van der Waals surface area (Å²) >= 11 is 0. The van der Waals surface area contributed by atoms with E-state index in [4.69, 9.17) is 0 Å². The highest BCUT2D eigenvalue weighted by molar-refractivity contribution is 5.91. The van der Waals surface area contributed by atoms with Gasteiger partial charge < -0.3 is 0 Å². The molecule has 0 saturated heterocycles. The van der Waals surface area contributed by atoms with E-state index in [-0.39, 0.29) is 10.8 Å². The topological polar surface area (TPSA) is 0 Å². The van der Waals surface area contributed by atoms with E-state index in [1.54, 1.807) is 0 Å². The average molecular weight is 286 g/mol. The fourth-order valence-electron chi connectivity index (χ4n) is 3.92. The van der Waals surface area contributed by atoms with Crippen LogP contribution in [0.5, 0.6) is 0 Å². The molecule has 0 bridgehead atoms. The van der Waals surface area contributed by atoms with Crippen LogP contribution in [0.4, 0.5) is 0 Å². The Balaban J connectivity index is 2.17. The molecule has 4 rings (SSSR count). The number of fused-ring (bicyclic) bond motifs is 4. The molecule has 0 atom stereocenters. The first-order valence-corrected chi connectivity index (χ1v) is 8.06. The Morgan fingerprint density at radius 2 is 1.09 bits per heavy atom. The smallest absolute Gasteiger partial charge is 0.000546 e. The van der Waals surface area contributed by atoms with E-state index < -0.39 is 0 Å². The Kier molecular flexibility index (Phi) is 2.61. The van der Waals surface area contributed by atoms with Crippen molar-refractivity contribution < 1.29 is 0 Å². The van der Waals surface area contributed by atoms with Gasteiger partial charge in [-0.2, -0.15) is 0 Å². The third kappa shape index (κ3) is 1.58. The molecule has 0 heterocycles. The predicted molar refractivity (Wildman–Crippen MR) is 95.4 cm³/mol. The molecule has 0 N–H and O–H groups in total. The van der Waals surface area contributed by atoms with Gasteiger partial charge in [-0.05, 0) is 56.0 Å². The van der Waals surface area contributed by atoms with Crippen LogP contribution in [0.15, 0.2) is 60.7 Å². The van der Waals surface area contributed by atoms with Crippen molar-refractivity contribution in [2.45, 2.75) is 38.5 Å². The van der Waals surface area contributed by atoms with Gasteiger partial charge in [-0.1, -0.05) is 76.2 Å². The predicted octanol–water partition coefficient (Wildman–Crippen LogP) is 6.08. The largest absolute Gasteiger partial charge is 0.0619 e. The van der Waals surface area contributed by atoms with E-state index in [0.29, 0.717) is 0 Å². The van der Waals surface area contributed by atoms with Gasteiger partial charge in [0.05, 0.1) is 0 Å². The van der Waals surface area contributed by atoms with Gasteiger partial charge in [0, 0.05) is 0 Å². The van der Waals surface area contributed by atoms with Gasteiger partial charge in [-0.3, -0.25) is 0 Å². The molecule has 0 saturated carbocycles. The molecule has 1 aliphatic rings. The quantitative estimate of drug-likeness (QED) is 0.470. The van der Waals surface area contributed by atoms with Crippen LogP contribution in [0.25, 0.3) is 21.9 Å². The SMILES string of the molecule is CC1(C)c2ccccc2-c2cc3ccccc3cc2C1(C)C. The standard InChI is InChI=1S/C22H22/c1-21(2)19-12-8-7-11-17(19)18-13-15-9-5-6-10-16(15)14-20(18)22(21,3)4/h5-14H,1-4H3. The summed E-state index contributed by atoms with van der Waals surface area (Å²) in [5.74, 6) is 0. The second-order valence-corrected chi connectivity index (χ2v) is 7.54. The Morgan fingerprint density at radius 1 is 0.545 bits per heavy atom. The molecule has 0 aliphatic heterocycles. The molecule has 3 aromatic rings. The highest BCUT2D eigenvalue weighted by Gasteiger charge is 2.45. The molecule has 22 heavy (non-hydrogen) atoms. The van der Waals surface area contributed by atoms with Crippen molar-refractivity contribution in [2.75, 3.05) is 0 Å². The highest BCUT2D eigenvalue weighted by atomic mass is 14.5. The molecule has 1 aliphatic carbocycles. The van der Waals surface area contributed by atoms with E-state index in [1.807, 2.05) is 0 Å². The van der Waals surface area contributed by atoms with Crippen LogP contribution in [-0.2, 0) is 10.8 Å². The van der Waals surface area contributed by atoms with E-state index in [2.05, 4.69) is 88.4 Å². The maximum atomic E-state index is 2.41. The first kappa shape index (κ1) is 13.6. The minimum atomic E-state index is 0.0979. The number of benzene rings is 3. The molecule has 0 heteroatoms. The fraction of sp³-hybridized carbons (Fsp3) is 0.273. The van der Waals surface area contributed by atoms with Crippen LogP contribution in [0, 0.1) is 0 Å². The lowest BCUT2D eigenvalue weighted by molar-refractivity contribution is 0.299. The number of hydrogen-bond donors (Lipinski definition) is 0. The molecule has 0 nitrogen and oxygen atoms in total. The normalized spacial score (nSPS) is 17.8. The van der Waals surface area contributed by atoms with Gasteiger partial charge in [0.1, 0.15) is 0 Å². The van der Waals surface area contributed by atoms with Crippen LogP contribution < -0.4 is 0 Å². The molecule has 110 valence electrons. The van der Waals surface area contributed by atoms with Crippen molar-refractivity contribution in [1.29, 1.82) is 0 Å². The lowest BCUT2D eigenvalue weighted by atomic mass is 9.55. The maximum absolute atomic E-state index is 2.41. The summed E-state index contributed by atoms with van der Waals surface area (Å²) in [6.45, 7) is 9.53. The summed E-state index contributed by atoms with van der Waals surface area (Å²) in [4.78, 5) is 0. The second-order valence-electron chi connectivity index (χ2n) is 7.54. The molecule has 0 radical (unpaired) electrons. The molecule has 0 aromatic heterocycles. The Morgan fingerprint density at radius 3 is 1.82 bits per heavy atom. The van der Waals surface area contributed by atoms with Crippen molar-refractivity contribution in [2.24, 2.45) is 0 Å². The average Bonchev–Trinajstić information content (AvgIpc) is 2.52. The number of rotatable bonds is 0. The Hall–Kier alpha value is -2.08. The lowest BCUT2D eigenvalue weighted by Gasteiger charge is -2.48. The summed E-state index contributed by atoms with van der Waals surface area (Å²) in [6, 6.07) is 22.4. The molecule has 3 aromatic carbocycles. The van der Waals surface area contributed by atoms with Crippen molar-refractivity contribution in [3.8, 4) is 11.1 Å². The van der Waals surface area contributed by atoms with E-state index in [0.717, 1.165) is 0 Å². The molecule has 0 fully saturated rings. The van der Waals surface area contributed by atoms with Crippen LogP contribution in [0.1, 0.15) is 38.8 Å². The zero-order valence-corrected chi connectivity index (χ0v) is 13.8. The van der Waals surface area contributed by atoms with Gasteiger partial charge in [-0.15, -0.1) is 0 Å². The second kappa shape index (κ2) is 4.23. The number of hydrogen-bond acceptors (Lipinski definition) is 0. The molecular weight excluding hydrogens is 264 g/mol. The molecule has 0 spiro atoms. The van der Waals surface area contributed by atoms with Gasteiger partial charge in [0.15, 0.2) is 0 Å². The summed E-state index contributed by atoms with van der Waals surface area (Å²) in [6.07, 6.45) is 0. The minimum Gasteiger partial charge on any atom is -0.0619 e. The van der Waals surface area contributed by atoms with Crippen molar-refractivity contribution in [3.05, 3.63) is 71.8 Å². The summed E-state index contributed by atoms with van der Waals surface area (Å²) in [7, 11) is 0. The lowest BCUT2D eigenvalue weighted by Crippen LogP contribution is -2.43. The first-order chi connectivity index (χ1) is 10.4. The Bertz CT molecular complexity index is 881. The van der Waals surface area contributed by atoms with E-state index in [9.17, 15) is 0 Å². The zero-order valence-electron chi connectivity index (χ0n) is 13.8. The van der Waals surface area contributed by atoms with Gasteiger partial charge in [-0.25, -0.2) is 0 Å². The third-order valence-corrected chi connectivity index (χ3v) is 6.01. The van der Waals surface area contributed by atoms with Crippen LogP contribution in [0.3, 0.4) is 0 Å². The van der Waals surface area contributed by atoms with Gasteiger partial charge in [0.2, 0.25) is 0 Å².